The highest BCUT2D eigenvalue weighted by Gasteiger charge is 2.12. The van der Waals surface area contributed by atoms with Gasteiger partial charge in [-0.05, 0) is 47.0 Å². The summed E-state index contributed by atoms with van der Waals surface area (Å²) in [6.07, 6.45) is 8.62. The number of nitrogen functional groups attached to an aromatic ring is 1. The van der Waals surface area contributed by atoms with Crippen LogP contribution in [0.4, 0.5) is 5.69 Å². The van der Waals surface area contributed by atoms with Crippen molar-refractivity contribution < 1.29 is 0 Å². The summed E-state index contributed by atoms with van der Waals surface area (Å²) in [7, 11) is 0. The molecule has 102 valence electrons. The van der Waals surface area contributed by atoms with E-state index in [2.05, 4.69) is 39.5 Å². The van der Waals surface area contributed by atoms with E-state index in [0.29, 0.717) is 0 Å². The summed E-state index contributed by atoms with van der Waals surface area (Å²) in [5.74, 6) is 0. The van der Waals surface area contributed by atoms with Crippen molar-refractivity contribution >= 4 is 17.8 Å². The van der Waals surface area contributed by atoms with Gasteiger partial charge in [0.1, 0.15) is 0 Å². The van der Waals surface area contributed by atoms with Crippen molar-refractivity contribution in [3.05, 3.63) is 65.1 Å². The van der Waals surface area contributed by atoms with E-state index in [1.807, 2.05) is 24.4 Å². The van der Waals surface area contributed by atoms with E-state index in [4.69, 9.17) is 5.73 Å². The zero-order valence-corrected chi connectivity index (χ0v) is 11.4. The summed E-state index contributed by atoms with van der Waals surface area (Å²) in [6, 6.07) is 10.1. The van der Waals surface area contributed by atoms with Crippen LogP contribution in [-0.2, 0) is 6.42 Å². The first-order chi connectivity index (χ1) is 10.3. The lowest BCUT2D eigenvalue weighted by Gasteiger charge is -2.08. The highest BCUT2D eigenvalue weighted by Crippen LogP contribution is 2.27. The number of aromatic amines is 1. The zero-order valence-electron chi connectivity index (χ0n) is 11.4. The monoisotopic (exact) mass is 274 g/mol. The number of anilines is 1. The highest BCUT2D eigenvalue weighted by atomic mass is 15.1. The number of nitrogens with one attached hydrogen (secondary N) is 1. The Morgan fingerprint density at radius 3 is 2.86 bits per heavy atom. The number of hydrogen-bond donors (Lipinski definition) is 2. The maximum atomic E-state index is 5.91. The molecule has 0 atom stereocenters. The number of nitrogens with zero attached hydrogens (tertiary/aromatic N) is 2. The average molecular weight is 274 g/mol. The molecule has 21 heavy (non-hydrogen) atoms. The lowest BCUT2D eigenvalue weighted by molar-refractivity contribution is 1.08. The van der Waals surface area contributed by atoms with Crippen molar-refractivity contribution in [2.24, 2.45) is 0 Å². The minimum absolute atomic E-state index is 0.795. The van der Waals surface area contributed by atoms with Crippen LogP contribution in [0.15, 0.2) is 42.7 Å². The zero-order chi connectivity index (χ0) is 14.2. The molecule has 0 unspecified atom stereocenters. The number of benzene rings is 1. The topological polar surface area (TPSA) is 67.6 Å². The van der Waals surface area contributed by atoms with Gasteiger partial charge in [0.25, 0.3) is 0 Å². The molecule has 0 spiro atoms. The normalized spacial score (nSPS) is 12.6. The van der Waals surface area contributed by atoms with E-state index in [-0.39, 0.29) is 0 Å². The first-order valence-electron chi connectivity index (χ1n) is 6.85. The van der Waals surface area contributed by atoms with Crippen LogP contribution in [-0.4, -0.2) is 15.2 Å². The first-order valence-corrected chi connectivity index (χ1v) is 6.85. The van der Waals surface area contributed by atoms with E-state index in [9.17, 15) is 0 Å². The standard InChI is InChI=1S/C17H14N4/c18-15-3-1-11-2-4-16-13(7-12(11)9-15)8-14(10-19-16)17-5-6-20-21-17/h1-6,8-10H,7,18H2,(H,20,21). The van der Waals surface area contributed by atoms with Gasteiger partial charge in [0.15, 0.2) is 0 Å². The van der Waals surface area contributed by atoms with Crippen LogP contribution in [0.5, 0.6) is 0 Å². The summed E-state index contributed by atoms with van der Waals surface area (Å²) in [5, 5.41) is 6.97. The van der Waals surface area contributed by atoms with Crippen LogP contribution in [0.3, 0.4) is 0 Å². The van der Waals surface area contributed by atoms with Gasteiger partial charge >= 0.3 is 0 Å². The minimum atomic E-state index is 0.795. The van der Waals surface area contributed by atoms with Crippen LogP contribution >= 0.6 is 0 Å². The molecule has 3 N–H and O–H groups in total. The van der Waals surface area contributed by atoms with Crippen LogP contribution in [0.25, 0.3) is 23.4 Å². The molecule has 0 saturated carbocycles. The molecule has 1 aromatic carbocycles. The van der Waals surface area contributed by atoms with Crippen LogP contribution in [0.1, 0.15) is 22.4 Å². The molecule has 1 aliphatic carbocycles. The SMILES string of the molecule is Nc1ccc2c(c1)Cc1cc(-c3ccn[nH]3)cnc1C=C2. The van der Waals surface area contributed by atoms with E-state index < -0.39 is 0 Å². The molecule has 2 aromatic heterocycles. The molecule has 0 aliphatic heterocycles. The molecular formula is C17H14N4. The molecule has 0 fully saturated rings. The van der Waals surface area contributed by atoms with E-state index >= 15 is 0 Å². The molecular weight excluding hydrogens is 260 g/mol. The maximum Gasteiger partial charge on any atom is 0.0665 e. The second-order valence-electron chi connectivity index (χ2n) is 5.21. The van der Waals surface area contributed by atoms with Gasteiger partial charge in [-0.15, -0.1) is 0 Å². The number of hydrogen-bond acceptors (Lipinski definition) is 3. The summed E-state index contributed by atoms with van der Waals surface area (Å²) in [6.45, 7) is 0. The van der Waals surface area contributed by atoms with Crippen LogP contribution in [0.2, 0.25) is 0 Å². The van der Waals surface area contributed by atoms with Crippen LogP contribution < -0.4 is 5.73 Å². The van der Waals surface area contributed by atoms with E-state index in [0.717, 1.165) is 29.1 Å². The second-order valence-corrected chi connectivity index (χ2v) is 5.21. The van der Waals surface area contributed by atoms with Gasteiger partial charge in [-0.2, -0.15) is 5.10 Å². The third-order valence-electron chi connectivity index (χ3n) is 3.78. The molecule has 0 bridgehead atoms. The van der Waals surface area contributed by atoms with Crippen LogP contribution in [0, 0.1) is 0 Å². The minimum Gasteiger partial charge on any atom is -0.399 e. The van der Waals surface area contributed by atoms with Gasteiger partial charge in [-0.3, -0.25) is 10.1 Å². The highest BCUT2D eigenvalue weighted by molar-refractivity contribution is 5.76. The molecule has 4 heteroatoms. The Hall–Kier alpha value is -2.88. The van der Waals surface area contributed by atoms with Crippen molar-refractivity contribution in [2.75, 3.05) is 5.73 Å². The third-order valence-corrected chi connectivity index (χ3v) is 3.78. The fourth-order valence-electron chi connectivity index (χ4n) is 2.69. The maximum absolute atomic E-state index is 5.91. The Kier molecular flexibility index (Phi) is 2.60. The molecule has 0 saturated heterocycles. The molecule has 0 amide bonds. The number of aromatic nitrogens is 3. The predicted octanol–water partition coefficient (Wildman–Crippen LogP) is 3.13. The van der Waals surface area contributed by atoms with Crippen molar-refractivity contribution in [2.45, 2.75) is 6.42 Å². The van der Waals surface area contributed by atoms with Crippen molar-refractivity contribution in [3.63, 3.8) is 0 Å². The molecule has 4 rings (SSSR count). The Labute approximate surface area is 122 Å². The molecule has 1 aliphatic rings. The van der Waals surface area contributed by atoms with Gasteiger partial charge < -0.3 is 5.73 Å². The van der Waals surface area contributed by atoms with Gasteiger partial charge in [0.2, 0.25) is 0 Å². The number of nitrogens with two attached hydrogens (primary N) is 1. The quantitative estimate of drug-likeness (QED) is 0.524. The molecule has 4 nitrogen and oxygen atoms in total. The van der Waals surface area contributed by atoms with E-state index in [1.54, 1.807) is 6.20 Å². The Bertz CT molecular complexity index is 832. The summed E-state index contributed by atoms with van der Waals surface area (Å²) in [5.41, 5.74) is 13.4. The van der Waals surface area contributed by atoms with Crippen molar-refractivity contribution in [1.29, 1.82) is 0 Å². The molecule has 2 heterocycles. The Balaban J connectivity index is 1.83. The van der Waals surface area contributed by atoms with Gasteiger partial charge in [0.05, 0.1) is 11.4 Å². The van der Waals surface area contributed by atoms with Crippen molar-refractivity contribution in [3.8, 4) is 11.3 Å². The smallest absolute Gasteiger partial charge is 0.0665 e. The van der Waals surface area contributed by atoms with E-state index in [1.165, 1.54) is 16.7 Å². The molecule has 0 radical (unpaired) electrons. The predicted molar refractivity (Wildman–Crippen MR) is 84.4 cm³/mol. The second kappa shape index (κ2) is 4.59. The fraction of sp³-hybridized carbons (Fsp3) is 0.0588. The third kappa shape index (κ3) is 2.10. The summed E-state index contributed by atoms with van der Waals surface area (Å²) < 4.78 is 0. The number of rotatable bonds is 1. The largest absolute Gasteiger partial charge is 0.399 e. The number of H-pyrrole nitrogens is 1. The Morgan fingerprint density at radius 1 is 1.05 bits per heavy atom. The number of fused-ring (bicyclic) bond motifs is 2. The van der Waals surface area contributed by atoms with Crippen molar-refractivity contribution in [1.82, 2.24) is 15.2 Å². The van der Waals surface area contributed by atoms with Gasteiger partial charge in [-0.1, -0.05) is 12.1 Å². The first kappa shape index (κ1) is 11.9. The average Bonchev–Trinajstić information content (AvgIpc) is 2.95. The lowest BCUT2D eigenvalue weighted by Crippen LogP contribution is -1.97. The summed E-state index contributed by atoms with van der Waals surface area (Å²) >= 11 is 0. The molecule has 3 aromatic rings. The number of pyridine rings is 1. The summed E-state index contributed by atoms with van der Waals surface area (Å²) in [4.78, 5) is 4.57. The lowest BCUT2D eigenvalue weighted by atomic mass is 9.99. The van der Waals surface area contributed by atoms with Gasteiger partial charge in [-0.25, -0.2) is 0 Å². The Morgan fingerprint density at radius 2 is 2.00 bits per heavy atom. The van der Waals surface area contributed by atoms with Gasteiger partial charge in [0, 0.05) is 30.1 Å². The fourth-order valence-corrected chi connectivity index (χ4v) is 2.69.